The molecule has 0 bridgehead atoms. The van der Waals surface area contributed by atoms with Crippen LogP contribution in [0.1, 0.15) is 43.0 Å². The zero-order valence-corrected chi connectivity index (χ0v) is 30.9. The van der Waals surface area contributed by atoms with Crippen molar-refractivity contribution in [2.75, 3.05) is 13.2 Å². The second-order valence-corrected chi connectivity index (χ2v) is 12.9. The Bertz CT molecular complexity index is 2070. The van der Waals surface area contributed by atoms with E-state index in [2.05, 4.69) is 50.6 Å². The molecule has 4 aromatic rings. The molecule has 55 heavy (non-hydrogen) atoms. The minimum Gasteiger partial charge on any atom is -0.490 e. The van der Waals surface area contributed by atoms with Crippen molar-refractivity contribution >= 4 is 23.9 Å². The van der Waals surface area contributed by atoms with Crippen molar-refractivity contribution in [3.05, 3.63) is 169 Å². The molecule has 282 valence electrons. The van der Waals surface area contributed by atoms with E-state index in [0.29, 0.717) is 11.5 Å². The smallest absolute Gasteiger partial charge is 0.333 e. The maximum atomic E-state index is 12.3. The molecule has 4 aromatic carbocycles. The van der Waals surface area contributed by atoms with Crippen molar-refractivity contribution in [1.29, 1.82) is 0 Å². The van der Waals surface area contributed by atoms with Crippen molar-refractivity contribution in [3.63, 3.8) is 0 Å². The average Bonchev–Trinajstić information content (AvgIpc) is 3.49. The molecule has 0 radical (unpaired) electrons. The van der Waals surface area contributed by atoms with Gasteiger partial charge >= 0.3 is 23.9 Å². The van der Waals surface area contributed by atoms with Crippen LogP contribution >= 0.6 is 0 Å². The lowest BCUT2D eigenvalue weighted by Crippen LogP contribution is -2.37. The van der Waals surface area contributed by atoms with Crippen molar-refractivity contribution < 1.29 is 47.6 Å². The second kappa shape index (κ2) is 17.4. The van der Waals surface area contributed by atoms with E-state index in [9.17, 15) is 19.2 Å². The van der Waals surface area contributed by atoms with Gasteiger partial charge in [0.25, 0.3) is 6.29 Å². The fourth-order valence-electron chi connectivity index (χ4n) is 6.24. The molecule has 5 rings (SSSR count). The average molecular weight is 743 g/mol. The third kappa shape index (κ3) is 8.76. The molecule has 0 amide bonds. The predicted molar refractivity (Wildman–Crippen MR) is 206 cm³/mol. The summed E-state index contributed by atoms with van der Waals surface area (Å²) in [6.07, 6.45) is -1.11. The number of rotatable bonds is 17. The van der Waals surface area contributed by atoms with Crippen LogP contribution in [0.4, 0.5) is 0 Å². The fraction of sp³-hybridized carbons (Fsp3) is 0.200. The van der Waals surface area contributed by atoms with E-state index in [1.807, 2.05) is 60.7 Å². The summed E-state index contributed by atoms with van der Waals surface area (Å²) in [7, 11) is 0. The van der Waals surface area contributed by atoms with Crippen molar-refractivity contribution in [1.82, 2.24) is 0 Å². The first-order chi connectivity index (χ1) is 26.4. The molecule has 0 aliphatic heterocycles. The first kappa shape index (κ1) is 39.5. The Balaban J connectivity index is 1.49. The monoisotopic (exact) mass is 742 g/mol. The molecule has 1 aliphatic carbocycles. The van der Waals surface area contributed by atoms with Crippen LogP contribution in [-0.2, 0) is 43.5 Å². The predicted octanol–water partition coefficient (Wildman–Crippen LogP) is 7.59. The molecular formula is C45H42O10. The van der Waals surface area contributed by atoms with Crippen LogP contribution in [0.25, 0.3) is 11.1 Å². The number of hydrogen-bond acceptors (Lipinski definition) is 10. The van der Waals surface area contributed by atoms with E-state index in [-0.39, 0.29) is 24.4 Å². The summed E-state index contributed by atoms with van der Waals surface area (Å²) in [5.74, 6) is -1.83. The zero-order chi connectivity index (χ0) is 39.7. The van der Waals surface area contributed by atoms with Gasteiger partial charge in [-0.1, -0.05) is 99.1 Å². The zero-order valence-electron chi connectivity index (χ0n) is 30.9. The highest BCUT2D eigenvalue weighted by Gasteiger charge is 2.46. The van der Waals surface area contributed by atoms with Gasteiger partial charge in [0.2, 0.25) is 0 Å². The summed E-state index contributed by atoms with van der Waals surface area (Å²) in [6, 6.07) is 31.5. The number of fused-ring (bicyclic) bond motifs is 3. The van der Waals surface area contributed by atoms with Gasteiger partial charge in [-0.2, -0.15) is 0 Å². The van der Waals surface area contributed by atoms with E-state index in [4.69, 9.17) is 28.4 Å². The normalized spacial score (nSPS) is 13.7. The Morgan fingerprint density at radius 1 is 0.636 bits per heavy atom. The van der Waals surface area contributed by atoms with Crippen LogP contribution in [0.3, 0.4) is 0 Å². The first-order valence-electron chi connectivity index (χ1n) is 17.4. The Hall–Kier alpha value is -6.68. The van der Waals surface area contributed by atoms with Gasteiger partial charge in [-0.3, -0.25) is 0 Å². The lowest BCUT2D eigenvalue weighted by molar-refractivity contribution is -0.184. The number of hydrogen-bond donors (Lipinski definition) is 0. The van der Waals surface area contributed by atoms with Crippen molar-refractivity contribution in [3.8, 4) is 22.6 Å². The van der Waals surface area contributed by atoms with Gasteiger partial charge < -0.3 is 28.4 Å². The molecular weight excluding hydrogens is 700 g/mol. The van der Waals surface area contributed by atoms with Crippen molar-refractivity contribution in [2.24, 2.45) is 0 Å². The van der Waals surface area contributed by atoms with Gasteiger partial charge in [0.1, 0.15) is 24.7 Å². The van der Waals surface area contributed by atoms with E-state index in [0.717, 1.165) is 45.5 Å². The summed E-state index contributed by atoms with van der Waals surface area (Å²) in [5, 5.41) is 0. The summed E-state index contributed by atoms with van der Waals surface area (Å²) < 4.78 is 33.5. The first-order valence-corrected chi connectivity index (χ1v) is 17.4. The number of ether oxygens (including phenoxy) is 6. The Morgan fingerprint density at radius 3 is 1.64 bits per heavy atom. The Kier molecular flexibility index (Phi) is 12.5. The third-order valence-corrected chi connectivity index (χ3v) is 8.84. The standard InChI is InChI=1S/C45H42O10/c1-8-40(46)51-27-35(53-43(49)29(5)6)26-50-33-22-18-31(19-23-33)45(38-16-12-10-14-36(38)37-15-11-13-17-39(37)45)32-20-24-34(25-21-32)54-44(55-41(47)9-2)30(7)52-42(48)28(3)4/h8-25,30,35,44H,1-3,5,26-27H2,4,6-7H3. The second-order valence-electron chi connectivity index (χ2n) is 12.9. The molecule has 0 heterocycles. The molecule has 1 aliphatic rings. The summed E-state index contributed by atoms with van der Waals surface area (Å²) >= 11 is 0. The van der Waals surface area contributed by atoms with Gasteiger partial charge in [-0.15, -0.1) is 0 Å². The number of esters is 4. The summed E-state index contributed by atoms with van der Waals surface area (Å²) in [4.78, 5) is 48.4. The fourth-order valence-corrected chi connectivity index (χ4v) is 6.24. The molecule has 3 atom stereocenters. The van der Waals surface area contributed by atoms with Crippen LogP contribution in [0.5, 0.6) is 11.5 Å². The summed E-state index contributed by atoms with van der Waals surface area (Å²) in [6.45, 7) is 18.3. The molecule has 3 unspecified atom stereocenters. The van der Waals surface area contributed by atoms with Gasteiger partial charge in [-0.25, -0.2) is 19.2 Å². The topological polar surface area (TPSA) is 124 Å². The molecule has 0 spiro atoms. The van der Waals surface area contributed by atoms with Gasteiger partial charge in [-0.05, 0) is 78.4 Å². The van der Waals surface area contributed by atoms with E-state index in [1.165, 1.54) is 13.8 Å². The Labute approximate surface area is 320 Å². The van der Waals surface area contributed by atoms with Crippen LogP contribution in [0.15, 0.2) is 147 Å². The summed E-state index contributed by atoms with van der Waals surface area (Å²) in [5.41, 5.74) is 5.76. The molecule has 10 heteroatoms. The minimum atomic E-state index is -1.27. The van der Waals surface area contributed by atoms with Crippen molar-refractivity contribution in [2.45, 2.75) is 44.7 Å². The molecule has 10 nitrogen and oxygen atoms in total. The van der Waals surface area contributed by atoms with Gasteiger partial charge in [0, 0.05) is 23.3 Å². The highest BCUT2D eigenvalue weighted by molar-refractivity contribution is 5.88. The van der Waals surface area contributed by atoms with E-state index < -0.39 is 47.8 Å². The van der Waals surface area contributed by atoms with Crippen LogP contribution in [-0.4, -0.2) is 55.6 Å². The molecule has 0 saturated heterocycles. The van der Waals surface area contributed by atoms with E-state index >= 15 is 0 Å². The molecule has 0 N–H and O–H groups in total. The van der Waals surface area contributed by atoms with Crippen LogP contribution in [0.2, 0.25) is 0 Å². The number of carbonyl (C=O) groups excluding carboxylic acids is 4. The Morgan fingerprint density at radius 2 is 1.13 bits per heavy atom. The maximum absolute atomic E-state index is 12.3. The quantitative estimate of drug-likeness (QED) is 0.0408. The van der Waals surface area contributed by atoms with Crippen LogP contribution in [0, 0.1) is 0 Å². The van der Waals surface area contributed by atoms with Crippen LogP contribution < -0.4 is 9.47 Å². The third-order valence-electron chi connectivity index (χ3n) is 8.84. The minimum absolute atomic E-state index is 0.0881. The lowest BCUT2D eigenvalue weighted by Gasteiger charge is -2.34. The maximum Gasteiger partial charge on any atom is 0.333 e. The molecule has 0 aromatic heterocycles. The number of carbonyl (C=O) groups is 4. The van der Waals surface area contributed by atoms with E-state index in [1.54, 1.807) is 19.1 Å². The molecule has 0 saturated carbocycles. The lowest BCUT2D eigenvalue weighted by atomic mass is 9.68. The molecule has 0 fully saturated rings. The highest BCUT2D eigenvalue weighted by atomic mass is 16.7. The largest absolute Gasteiger partial charge is 0.490 e. The van der Waals surface area contributed by atoms with Gasteiger partial charge in [0.15, 0.2) is 12.2 Å². The van der Waals surface area contributed by atoms with Gasteiger partial charge in [0.05, 0.1) is 5.41 Å². The number of benzene rings is 4. The SMILES string of the molecule is C=CC(=O)OCC(COc1ccc(C2(c3ccc(OC(OC(=O)C=C)C(C)OC(=O)C(=C)C)cc3)c3ccccc3-c3ccccc32)cc1)OC(=O)C(=C)C. The highest BCUT2D eigenvalue weighted by Crippen LogP contribution is 2.56.